The summed E-state index contributed by atoms with van der Waals surface area (Å²) in [6, 6.07) is 12.7. The molecule has 1 saturated carbocycles. The molecular formula is C20H20F3NO. The van der Waals surface area contributed by atoms with Gasteiger partial charge in [0, 0.05) is 17.5 Å². The Morgan fingerprint density at radius 1 is 1.08 bits per heavy atom. The fourth-order valence-corrected chi connectivity index (χ4v) is 3.42. The number of hydrogen-bond donors (Lipinski definition) is 1. The van der Waals surface area contributed by atoms with Crippen molar-refractivity contribution in [3.8, 4) is 0 Å². The van der Waals surface area contributed by atoms with Crippen LogP contribution in [0.3, 0.4) is 0 Å². The Labute approximate surface area is 145 Å². The highest BCUT2D eigenvalue weighted by molar-refractivity contribution is 5.96. The van der Waals surface area contributed by atoms with E-state index in [1.807, 2.05) is 19.1 Å². The van der Waals surface area contributed by atoms with Crippen molar-refractivity contribution in [2.45, 2.75) is 44.3 Å². The molecule has 1 aliphatic carbocycles. The fourth-order valence-electron chi connectivity index (χ4n) is 3.42. The maximum absolute atomic E-state index is 13.2. The number of carbonyl (C=O) groups is 1. The SMILES string of the molecule is CCc1ccccc1C(=O)NC1CCC1c1ccccc1C(F)(F)F. The summed E-state index contributed by atoms with van der Waals surface area (Å²) in [6.45, 7) is 1.97. The highest BCUT2D eigenvalue weighted by Crippen LogP contribution is 2.43. The quantitative estimate of drug-likeness (QED) is 0.833. The van der Waals surface area contributed by atoms with Crippen LogP contribution in [0, 0.1) is 0 Å². The number of amides is 1. The first-order valence-electron chi connectivity index (χ1n) is 8.46. The lowest BCUT2D eigenvalue weighted by molar-refractivity contribution is -0.138. The van der Waals surface area contributed by atoms with E-state index >= 15 is 0 Å². The molecule has 0 heterocycles. The molecule has 2 aromatic carbocycles. The van der Waals surface area contributed by atoms with Crippen molar-refractivity contribution in [1.82, 2.24) is 5.32 Å². The Hall–Kier alpha value is -2.30. The number of hydrogen-bond acceptors (Lipinski definition) is 1. The lowest BCUT2D eigenvalue weighted by Gasteiger charge is -2.38. The molecular weight excluding hydrogens is 327 g/mol. The number of carbonyl (C=O) groups excluding carboxylic acids is 1. The van der Waals surface area contributed by atoms with Gasteiger partial charge in [-0.3, -0.25) is 4.79 Å². The topological polar surface area (TPSA) is 29.1 Å². The second kappa shape index (κ2) is 6.90. The fraction of sp³-hybridized carbons (Fsp3) is 0.350. The van der Waals surface area contributed by atoms with Gasteiger partial charge in [-0.25, -0.2) is 0 Å². The van der Waals surface area contributed by atoms with Crippen LogP contribution in [0.4, 0.5) is 13.2 Å². The van der Waals surface area contributed by atoms with Crippen LogP contribution in [0.1, 0.15) is 52.7 Å². The Morgan fingerprint density at radius 2 is 1.76 bits per heavy atom. The van der Waals surface area contributed by atoms with E-state index in [1.54, 1.807) is 18.2 Å². The van der Waals surface area contributed by atoms with E-state index in [0.717, 1.165) is 18.1 Å². The molecule has 3 rings (SSSR count). The summed E-state index contributed by atoms with van der Waals surface area (Å²) in [6.07, 6.45) is -2.31. The van der Waals surface area contributed by atoms with Gasteiger partial charge >= 0.3 is 6.18 Å². The largest absolute Gasteiger partial charge is 0.416 e. The Bertz CT molecular complexity index is 770. The minimum Gasteiger partial charge on any atom is -0.349 e. The van der Waals surface area contributed by atoms with E-state index in [1.165, 1.54) is 12.1 Å². The molecule has 0 aromatic heterocycles. The van der Waals surface area contributed by atoms with Gasteiger partial charge < -0.3 is 5.32 Å². The Morgan fingerprint density at radius 3 is 2.40 bits per heavy atom. The maximum Gasteiger partial charge on any atom is 0.416 e. The van der Waals surface area contributed by atoms with Crippen molar-refractivity contribution >= 4 is 5.91 Å². The standard InChI is InChI=1S/C20H20F3NO/c1-2-13-7-3-4-8-14(13)19(25)24-18-12-11-16(18)15-9-5-6-10-17(15)20(21,22)23/h3-10,16,18H,2,11-12H2,1H3,(H,24,25). The summed E-state index contributed by atoms with van der Waals surface area (Å²) < 4.78 is 39.7. The third-order valence-electron chi connectivity index (χ3n) is 4.90. The van der Waals surface area contributed by atoms with Crippen LogP contribution in [0.25, 0.3) is 0 Å². The molecule has 0 aliphatic heterocycles. The van der Waals surface area contributed by atoms with E-state index in [0.29, 0.717) is 18.4 Å². The van der Waals surface area contributed by atoms with Gasteiger partial charge in [0.25, 0.3) is 5.91 Å². The van der Waals surface area contributed by atoms with Gasteiger partial charge in [0.15, 0.2) is 0 Å². The second-order valence-electron chi connectivity index (χ2n) is 6.36. The van der Waals surface area contributed by atoms with Gasteiger partial charge in [0.1, 0.15) is 0 Å². The molecule has 2 atom stereocenters. The molecule has 2 aromatic rings. The van der Waals surface area contributed by atoms with E-state index in [9.17, 15) is 18.0 Å². The summed E-state index contributed by atoms with van der Waals surface area (Å²) >= 11 is 0. The number of nitrogens with one attached hydrogen (secondary N) is 1. The zero-order chi connectivity index (χ0) is 18.0. The average molecular weight is 347 g/mol. The van der Waals surface area contributed by atoms with Crippen molar-refractivity contribution < 1.29 is 18.0 Å². The van der Waals surface area contributed by atoms with Crippen molar-refractivity contribution in [2.75, 3.05) is 0 Å². The highest BCUT2D eigenvalue weighted by atomic mass is 19.4. The van der Waals surface area contributed by atoms with Gasteiger partial charge in [0.2, 0.25) is 0 Å². The molecule has 0 bridgehead atoms. The van der Waals surface area contributed by atoms with Crippen LogP contribution in [-0.2, 0) is 12.6 Å². The summed E-state index contributed by atoms with van der Waals surface area (Å²) in [5.41, 5.74) is 1.20. The first kappa shape index (κ1) is 17.5. The molecule has 25 heavy (non-hydrogen) atoms. The van der Waals surface area contributed by atoms with Gasteiger partial charge in [-0.15, -0.1) is 0 Å². The number of alkyl halides is 3. The van der Waals surface area contributed by atoms with Crippen molar-refractivity contribution in [1.29, 1.82) is 0 Å². The molecule has 1 fully saturated rings. The smallest absolute Gasteiger partial charge is 0.349 e. The van der Waals surface area contributed by atoms with Crippen molar-refractivity contribution in [3.63, 3.8) is 0 Å². The number of benzene rings is 2. The molecule has 2 unspecified atom stereocenters. The van der Waals surface area contributed by atoms with Gasteiger partial charge in [-0.1, -0.05) is 43.3 Å². The Balaban J connectivity index is 1.79. The lowest BCUT2D eigenvalue weighted by Crippen LogP contribution is -2.46. The zero-order valence-electron chi connectivity index (χ0n) is 13.9. The third-order valence-corrected chi connectivity index (χ3v) is 4.90. The summed E-state index contributed by atoms with van der Waals surface area (Å²) in [5, 5.41) is 2.93. The zero-order valence-corrected chi connectivity index (χ0v) is 13.9. The number of rotatable bonds is 4. The minimum atomic E-state index is -4.38. The van der Waals surface area contributed by atoms with Gasteiger partial charge in [-0.2, -0.15) is 13.2 Å². The summed E-state index contributed by atoms with van der Waals surface area (Å²) in [4.78, 5) is 12.6. The van der Waals surface area contributed by atoms with Crippen LogP contribution in [0.2, 0.25) is 0 Å². The van der Waals surface area contributed by atoms with Crippen LogP contribution in [0.15, 0.2) is 48.5 Å². The molecule has 0 spiro atoms. The third kappa shape index (κ3) is 3.55. The molecule has 2 nitrogen and oxygen atoms in total. The van der Waals surface area contributed by atoms with E-state index in [4.69, 9.17) is 0 Å². The minimum absolute atomic E-state index is 0.211. The van der Waals surface area contributed by atoms with Crippen molar-refractivity contribution in [2.24, 2.45) is 0 Å². The number of halogens is 3. The average Bonchev–Trinajstić information content (AvgIpc) is 2.58. The monoisotopic (exact) mass is 347 g/mol. The number of aryl methyl sites for hydroxylation is 1. The van der Waals surface area contributed by atoms with E-state index < -0.39 is 11.7 Å². The molecule has 132 valence electrons. The molecule has 0 radical (unpaired) electrons. The van der Waals surface area contributed by atoms with Crippen LogP contribution in [-0.4, -0.2) is 11.9 Å². The summed E-state index contributed by atoms with van der Waals surface area (Å²) in [5.74, 6) is -0.507. The van der Waals surface area contributed by atoms with Gasteiger partial charge in [0.05, 0.1) is 5.56 Å². The molecule has 1 N–H and O–H groups in total. The molecule has 0 saturated heterocycles. The normalized spacial score (nSPS) is 20.0. The second-order valence-corrected chi connectivity index (χ2v) is 6.36. The summed E-state index contributed by atoms with van der Waals surface area (Å²) in [7, 11) is 0. The predicted molar refractivity (Wildman–Crippen MR) is 90.5 cm³/mol. The first-order valence-corrected chi connectivity index (χ1v) is 8.46. The highest BCUT2D eigenvalue weighted by Gasteiger charge is 2.40. The Kier molecular flexibility index (Phi) is 4.84. The predicted octanol–water partition coefficient (Wildman–Crippen LogP) is 4.94. The van der Waals surface area contributed by atoms with Crippen LogP contribution in [0.5, 0.6) is 0 Å². The van der Waals surface area contributed by atoms with E-state index in [2.05, 4.69) is 5.32 Å². The van der Waals surface area contributed by atoms with Crippen LogP contribution >= 0.6 is 0 Å². The molecule has 5 heteroatoms. The van der Waals surface area contributed by atoms with Gasteiger partial charge in [-0.05, 0) is 42.5 Å². The maximum atomic E-state index is 13.2. The molecule has 1 aliphatic rings. The van der Waals surface area contributed by atoms with E-state index in [-0.39, 0.29) is 23.4 Å². The first-order chi connectivity index (χ1) is 11.9. The van der Waals surface area contributed by atoms with Crippen molar-refractivity contribution in [3.05, 3.63) is 70.8 Å². The van der Waals surface area contributed by atoms with Crippen LogP contribution < -0.4 is 5.32 Å². The molecule has 1 amide bonds. The lowest BCUT2D eigenvalue weighted by atomic mass is 9.73.